The van der Waals surface area contributed by atoms with Crippen molar-refractivity contribution in [2.75, 3.05) is 4.72 Å². The minimum absolute atomic E-state index is 0.328. The highest BCUT2D eigenvalue weighted by atomic mass is 32.2. The molecule has 0 saturated heterocycles. The summed E-state index contributed by atoms with van der Waals surface area (Å²) in [4.78, 5) is 5.80. The third-order valence-electron chi connectivity index (χ3n) is 4.41. The van der Waals surface area contributed by atoms with Crippen LogP contribution >= 0.6 is 11.3 Å². The number of aromatic nitrogens is 2. The monoisotopic (exact) mass is 397 g/mol. The summed E-state index contributed by atoms with van der Waals surface area (Å²) in [6.07, 6.45) is 3.84. The van der Waals surface area contributed by atoms with Gasteiger partial charge >= 0.3 is 0 Å². The smallest absolute Gasteiger partial charge is 0.262 e. The molecule has 4 aromatic rings. The summed E-state index contributed by atoms with van der Waals surface area (Å²) < 4.78 is 30.9. The summed E-state index contributed by atoms with van der Waals surface area (Å²) in [5.74, 6) is 0. The fourth-order valence-corrected chi connectivity index (χ4v) is 5.67. The second kappa shape index (κ2) is 6.51. The maximum absolute atomic E-state index is 13.1. The van der Waals surface area contributed by atoms with Crippen LogP contribution in [-0.4, -0.2) is 17.8 Å². The molecule has 0 spiro atoms. The number of hydrogen-bond donors (Lipinski definition) is 1. The normalized spacial score (nSPS) is 11.8. The van der Waals surface area contributed by atoms with Gasteiger partial charge in [0.1, 0.15) is 0 Å². The highest BCUT2D eigenvalue weighted by molar-refractivity contribution is 7.92. The van der Waals surface area contributed by atoms with E-state index in [1.165, 1.54) is 11.3 Å². The molecule has 0 saturated carbocycles. The molecule has 0 aliphatic carbocycles. The van der Waals surface area contributed by atoms with E-state index in [1.54, 1.807) is 6.07 Å². The molecule has 0 aliphatic heterocycles. The number of nitrogens with zero attached hydrogens (tertiary/aromatic N) is 2. The average molecular weight is 398 g/mol. The van der Waals surface area contributed by atoms with Crippen LogP contribution in [0.4, 0.5) is 5.69 Å². The van der Waals surface area contributed by atoms with Gasteiger partial charge < -0.3 is 0 Å². The Bertz CT molecular complexity index is 1200. The molecular weight excluding hydrogens is 378 g/mol. The molecule has 0 radical (unpaired) electrons. The number of para-hydroxylation sites is 1. The van der Waals surface area contributed by atoms with Crippen LogP contribution in [0.1, 0.15) is 16.7 Å². The molecule has 27 heavy (non-hydrogen) atoms. The van der Waals surface area contributed by atoms with Crippen LogP contribution in [0, 0.1) is 20.8 Å². The zero-order valence-electron chi connectivity index (χ0n) is 15.2. The minimum atomic E-state index is -3.72. The van der Waals surface area contributed by atoms with Crippen LogP contribution in [0.3, 0.4) is 0 Å². The predicted octanol–water partition coefficient (Wildman–Crippen LogP) is 4.79. The number of rotatable bonds is 4. The van der Waals surface area contributed by atoms with Gasteiger partial charge in [0.05, 0.1) is 16.3 Å². The van der Waals surface area contributed by atoms with Crippen LogP contribution in [-0.2, 0) is 10.0 Å². The van der Waals surface area contributed by atoms with Crippen molar-refractivity contribution in [3.8, 4) is 11.3 Å². The number of imidazole rings is 1. The molecule has 1 N–H and O–H groups in total. The molecule has 0 aliphatic rings. The lowest BCUT2D eigenvalue weighted by Gasteiger charge is -2.15. The molecule has 4 rings (SSSR count). The molecule has 7 heteroatoms. The van der Waals surface area contributed by atoms with Gasteiger partial charge in [0.25, 0.3) is 10.0 Å². The number of thiazole rings is 1. The Labute approximate surface area is 162 Å². The van der Waals surface area contributed by atoms with Gasteiger partial charge in [-0.25, -0.2) is 13.4 Å². The molecule has 0 bridgehead atoms. The highest BCUT2D eigenvalue weighted by Crippen LogP contribution is 2.31. The number of fused-ring (bicyclic) bond motifs is 1. The van der Waals surface area contributed by atoms with Gasteiger partial charge in [0.15, 0.2) is 4.96 Å². The summed E-state index contributed by atoms with van der Waals surface area (Å²) >= 11 is 1.54. The van der Waals surface area contributed by atoms with E-state index in [4.69, 9.17) is 0 Å². The van der Waals surface area contributed by atoms with Crippen LogP contribution < -0.4 is 4.72 Å². The van der Waals surface area contributed by atoms with Gasteiger partial charge in [-0.1, -0.05) is 35.9 Å². The number of sulfonamides is 1. The van der Waals surface area contributed by atoms with Crippen molar-refractivity contribution >= 4 is 32.0 Å². The summed E-state index contributed by atoms with van der Waals surface area (Å²) in [5.41, 5.74) is 4.52. The number of hydrogen-bond acceptors (Lipinski definition) is 4. The standard InChI is InChI=1S/C20H19N3O2S2/c1-13-10-14(2)19(15(3)11-13)27(24,25)22-17-7-5-4-6-16(17)18-12-23-8-9-26-20(23)21-18/h4-12,22H,1-3H3. The fourth-order valence-electron chi connectivity index (χ4n) is 3.44. The lowest BCUT2D eigenvalue weighted by atomic mass is 10.1. The molecule has 138 valence electrons. The molecule has 5 nitrogen and oxygen atoms in total. The number of benzene rings is 2. The van der Waals surface area contributed by atoms with Gasteiger partial charge in [-0.05, 0) is 38.0 Å². The summed E-state index contributed by atoms with van der Waals surface area (Å²) in [6.45, 7) is 5.61. The van der Waals surface area contributed by atoms with E-state index in [0.717, 1.165) is 32.9 Å². The summed E-state index contributed by atoms with van der Waals surface area (Å²) in [7, 11) is -3.72. The van der Waals surface area contributed by atoms with Gasteiger partial charge in [-0.15, -0.1) is 11.3 Å². The van der Waals surface area contributed by atoms with Gasteiger partial charge in [-0.2, -0.15) is 0 Å². The summed E-state index contributed by atoms with van der Waals surface area (Å²) in [6, 6.07) is 11.1. The summed E-state index contributed by atoms with van der Waals surface area (Å²) in [5, 5.41) is 1.96. The van der Waals surface area contributed by atoms with Crippen molar-refractivity contribution in [1.29, 1.82) is 0 Å². The Morgan fingerprint density at radius 1 is 1.07 bits per heavy atom. The maximum atomic E-state index is 13.1. The van der Waals surface area contributed by atoms with Crippen LogP contribution in [0.5, 0.6) is 0 Å². The lowest BCUT2D eigenvalue weighted by Crippen LogP contribution is -2.16. The van der Waals surface area contributed by atoms with E-state index in [1.807, 2.05) is 73.3 Å². The first kappa shape index (κ1) is 17.8. The van der Waals surface area contributed by atoms with Crippen LogP contribution in [0.25, 0.3) is 16.2 Å². The molecule has 0 fully saturated rings. The minimum Gasteiger partial charge on any atom is -0.297 e. The van der Waals surface area contributed by atoms with Crippen molar-refractivity contribution in [3.63, 3.8) is 0 Å². The van der Waals surface area contributed by atoms with E-state index >= 15 is 0 Å². The SMILES string of the molecule is Cc1cc(C)c(S(=O)(=O)Nc2ccccc2-c2cn3ccsc3n2)c(C)c1. The second-order valence-electron chi connectivity index (χ2n) is 6.60. The molecular formula is C20H19N3O2S2. The third-order valence-corrected chi connectivity index (χ3v) is 6.85. The first-order valence-electron chi connectivity index (χ1n) is 8.47. The van der Waals surface area contributed by atoms with E-state index < -0.39 is 10.0 Å². The molecule has 2 aromatic heterocycles. The first-order valence-corrected chi connectivity index (χ1v) is 10.8. The highest BCUT2D eigenvalue weighted by Gasteiger charge is 2.22. The Balaban J connectivity index is 1.78. The van der Waals surface area contributed by atoms with Crippen molar-refractivity contribution in [2.24, 2.45) is 0 Å². The average Bonchev–Trinajstić information content (AvgIpc) is 3.15. The van der Waals surface area contributed by atoms with Crippen molar-refractivity contribution in [1.82, 2.24) is 9.38 Å². The fraction of sp³-hybridized carbons (Fsp3) is 0.150. The predicted molar refractivity (Wildman–Crippen MR) is 110 cm³/mol. The number of nitrogens with one attached hydrogen (secondary N) is 1. The first-order chi connectivity index (χ1) is 12.8. The van der Waals surface area contributed by atoms with Gasteiger partial charge in [-0.3, -0.25) is 9.12 Å². The van der Waals surface area contributed by atoms with E-state index in [-0.39, 0.29) is 0 Å². The topological polar surface area (TPSA) is 63.5 Å². The van der Waals surface area contributed by atoms with Crippen LogP contribution in [0.2, 0.25) is 0 Å². The largest absolute Gasteiger partial charge is 0.297 e. The lowest BCUT2D eigenvalue weighted by molar-refractivity contribution is 0.600. The van der Waals surface area contributed by atoms with Gasteiger partial charge in [0, 0.05) is 23.3 Å². The zero-order valence-corrected chi connectivity index (χ0v) is 16.9. The van der Waals surface area contributed by atoms with E-state index in [2.05, 4.69) is 9.71 Å². The molecule has 2 heterocycles. The van der Waals surface area contributed by atoms with Crippen molar-refractivity contribution in [3.05, 3.63) is 70.9 Å². The molecule has 0 unspecified atom stereocenters. The molecule has 0 atom stereocenters. The van der Waals surface area contributed by atoms with Crippen LogP contribution in [0.15, 0.2) is 59.1 Å². The Morgan fingerprint density at radius 2 is 1.78 bits per heavy atom. The number of aryl methyl sites for hydroxylation is 3. The third kappa shape index (κ3) is 3.24. The molecule has 2 aromatic carbocycles. The second-order valence-corrected chi connectivity index (χ2v) is 9.09. The zero-order chi connectivity index (χ0) is 19.2. The van der Waals surface area contributed by atoms with Gasteiger partial charge in [0.2, 0.25) is 0 Å². The van der Waals surface area contributed by atoms with E-state index in [9.17, 15) is 8.42 Å². The Kier molecular flexibility index (Phi) is 4.28. The van der Waals surface area contributed by atoms with E-state index in [0.29, 0.717) is 10.6 Å². The van der Waals surface area contributed by atoms with Crippen molar-refractivity contribution in [2.45, 2.75) is 25.7 Å². The molecule has 0 amide bonds. The quantitative estimate of drug-likeness (QED) is 0.538. The number of anilines is 1. The van der Waals surface area contributed by atoms with Crippen molar-refractivity contribution < 1.29 is 8.42 Å². The Hall–Kier alpha value is -2.64. The Morgan fingerprint density at radius 3 is 2.48 bits per heavy atom. The maximum Gasteiger partial charge on any atom is 0.262 e.